The zero-order valence-corrected chi connectivity index (χ0v) is 8.76. The average molecular weight is 181 g/mol. The van der Waals surface area contributed by atoms with Crippen LogP contribution in [0.1, 0.15) is 40.0 Å². The van der Waals surface area contributed by atoms with Crippen molar-refractivity contribution in [3.05, 3.63) is 0 Å². The maximum atomic E-state index is 11.4. The van der Waals surface area contributed by atoms with Crippen LogP contribution in [0.3, 0.4) is 0 Å². The maximum Gasteiger partial charge on any atom is 0.220 e. The lowest BCUT2D eigenvalue weighted by molar-refractivity contribution is -0.121. The monoisotopic (exact) mass is 181 g/mol. The molecule has 2 heteroatoms. The van der Waals surface area contributed by atoms with Crippen LogP contribution in [0, 0.1) is 17.3 Å². The molecule has 1 saturated carbocycles. The summed E-state index contributed by atoms with van der Waals surface area (Å²) in [7, 11) is 0. The van der Waals surface area contributed by atoms with Crippen molar-refractivity contribution in [1.29, 1.82) is 0 Å². The smallest absolute Gasteiger partial charge is 0.220 e. The Balaban J connectivity index is 2.18. The molecule has 0 aromatic carbocycles. The molecule has 1 spiro atoms. The van der Waals surface area contributed by atoms with Crippen LogP contribution in [-0.2, 0) is 4.79 Å². The minimum Gasteiger partial charge on any atom is -0.353 e. The number of hydrogen-bond donors (Lipinski definition) is 1. The fraction of sp³-hybridized carbons (Fsp3) is 0.909. The summed E-state index contributed by atoms with van der Waals surface area (Å²) >= 11 is 0. The Morgan fingerprint density at radius 3 is 2.69 bits per heavy atom. The van der Waals surface area contributed by atoms with E-state index in [-0.39, 0.29) is 5.91 Å². The van der Waals surface area contributed by atoms with E-state index in [9.17, 15) is 4.79 Å². The van der Waals surface area contributed by atoms with Crippen LogP contribution in [0.5, 0.6) is 0 Å². The first-order chi connectivity index (χ1) is 6.10. The third kappa shape index (κ3) is 1.04. The molecule has 0 bridgehead atoms. The molecule has 1 saturated heterocycles. The molecule has 2 rings (SSSR count). The normalized spacial score (nSPS) is 49.2. The molecular formula is C11H19NO. The van der Waals surface area contributed by atoms with Gasteiger partial charge in [-0.25, -0.2) is 0 Å². The van der Waals surface area contributed by atoms with E-state index >= 15 is 0 Å². The molecule has 1 aliphatic heterocycles. The summed E-state index contributed by atoms with van der Waals surface area (Å²) in [6, 6.07) is 0.450. The molecule has 1 heterocycles. The third-order valence-corrected chi connectivity index (χ3v) is 4.39. The van der Waals surface area contributed by atoms with Gasteiger partial charge in [-0.05, 0) is 24.7 Å². The molecule has 4 unspecified atom stereocenters. The van der Waals surface area contributed by atoms with Gasteiger partial charge < -0.3 is 5.32 Å². The Bertz CT molecular complexity index is 238. The summed E-state index contributed by atoms with van der Waals surface area (Å²) in [4.78, 5) is 11.4. The summed E-state index contributed by atoms with van der Waals surface area (Å²) in [6.45, 7) is 6.77. The van der Waals surface area contributed by atoms with Gasteiger partial charge in [0.25, 0.3) is 0 Å². The standard InChI is InChI=1S/C11H19NO/c1-4-9-11(6-10(13)12-9)5-7(2)8(11)3/h7-9H,4-6H2,1-3H3,(H,12,13). The van der Waals surface area contributed by atoms with Crippen molar-refractivity contribution in [3.63, 3.8) is 0 Å². The minimum absolute atomic E-state index is 0.269. The highest BCUT2D eigenvalue weighted by Gasteiger charge is 2.57. The number of carbonyl (C=O) groups is 1. The van der Waals surface area contributed by atoms with E-state index in [0.29, 0.717) is 11.5 Å². The lowest BCUT2D eigenvalue weighted by Gasteiger charge is -2.53. The lowest BCUT2D eigenvalue weighted by Crippen LogP contribution is -2.52. The van der Waals surface area contributed by atoms with Gasteiger partial charge in [-0.3, -0.25) is 4.79 Å². The number of nitrogens with one attached hydrogen (secondary N) is 1. The average Bonchev–Trinajstić information content (AvgIpc) is 2.44. The van der Waals surface area contributed by atoms with Gasteiger partial charge >= 0.3 is 0 Å². The summed E-state index contributed by atoms with van der Waals surface area (Å²) < 4.78 is 0. The first-order valence-corrected chi connectivity index (χ1v) is 5.39. The molecule has 4 atom stereocenters. The van der Waals surface area contributed by atoms with E-state index in [0.717, 1.165) is 24.7 Å². The van der Waals surface area contributed by atoms with E-state index < -0.39 is 0 Å². The zero-order chi connectivity index (χ0) is 9.64. The second kappa shape index (κ2) is 2.73. The Morgan fingerprint density at radius 2 is 2.23 bits per heavy atom. The number of hydrogen-bond acceptors (Lipinski definition) is 1. The maximum absolute atomic E-state index is 11.4. The van der Waals surface area contributed by atoms with Gasteiger partial charge in [-0.2, -0.15) is 0 Å². The van der Waals surface area contributed by atoms with Gasteiger partial charge in [0.15, 0.2) is 0 Å². The Labute approximate surface area is 80.1 Å². The number of rotatable bonds is 1. The van der Waals surface area contributed by atoms with Gasteiger partial charge in [0.1, 0.15) is 0 Å². The fourth-order valence-corrected chi connectivity index (χ4v) is 3.38. The highest BCUT2D eigenvalue weighted by Crippen LogP contribution is 2.57. The number of amides is 1. The van der Waals surface area contributed by atoms with E-state index in [4.69, 9.17) is 0 Å². The molecule has 1 N–H and O–H groups in total. The number of carbonyl (C=O) groups excluding carboxylic acids is 1. The molecule has 2 nitrogen and oxygen atoms in total. The van der Waals surface area contributed by atoms with Crippen LogP contribution < -0.4 is 5.32 Å². The van der Waals surface area contributed by atoms with Gasteiger partial charge in [0.2, 0.25) is 5.91 Å². The van der Waals surface area contributed by atoms with Gasteiger partial charge in [0, 0.05) is 17.9 Å². The van der Waals surface area contributed by atoms with Crippen LogP contribution >= 0.6 is 0 Å². The largest absolute Gasteiger partial charge is 0.353 e. The third-order valence-electron chi connectivity index (χ3n) is 4.39. The van der Waals surface area contributed by atoms with Crippen molar-refractivity contribution in [2.75, 3.05) is 0 Å². The van der Waals surface area contributed by atoms with Crippen LogP contribution in [0.4, 0.5) is 0 Å². The molecule has 2 fully saturated rings. The zero-order valence-electron chi connectivity index (χ0n) is 8.76. The predicted octanol–water partition coefficient (Wildman–Crippen LogP) is 1.95. The molecule has 0 radical (unpaired) electrons. The van der Waals surface area contributed by atoms with E-state index in [2.05, 4.69) is 26.1 Å². The van der Waals surface area contributed by atoms with Crippen molar-refractivity contribution in [2.24, 2.45) is 17.3 Å². The Kier molecular flexibility index (Phi) is 1.90. The first kappa shape index (κ1) is 9.04. The quantitative estimate of drug-likeness (QED) is 0.658. The lowest BCUT2D eigenvalue weighted by atomic mass is 9.51. The topological polar surface area (TPSA) is 29.1 Å². The second-order valence-corrected chi connectivity index (χ2v) is 4.91. The van der Waals surface area contributed by atoms with Crippen molar-refractivity contribution in [2.45, 2.75) is 46.1 Å². The van der Waals surface area contributed by atoms with Crippen LogP contribution in [-0.4, -0.2) is 11.9 Å². The van der Waals surface area contributed by atoms with Crippen molar-refractivity contribution < 1.29 is 4.79 Å². The minimum atomic E-state index is 0.269. The van der Waals surface area contributed by atoms with Gasteiger partial charge in [0.05, 0.1) is 0 Å². The molecule has 1 aliphatic carbocycles. The van der Waals surface area contributed by atoms with Crippen LogP contribution in [0.15, 0.2) is 0 Å². The predicted molar refractivity (Wildman–Crippen MR) is 52.2 cm³/mol. The summed E-state index contributed by atoms with van der Waals surface area (Å²) in [6.07, 6.45) is 3.10. The van der Waals surface area contributed by atoms with Crippen molar-refractivity contribution in [3.8, 4) is 0 Å². The second-order valence-electron chi connectivity index (χ2n) is 4.91. The summed E-state index contributed by atoms with van der Waals surface area (Å²) in [5.41, 5.74) is 0.325. The SMILES string of the molecule is CCC1NC(=O)CC12CC(C)C2C. The highest BCUT2D eigenvalue weighted by molar-refractivity contribution is 5.80. The van der Waals surface area contributed by atoms with Gasteiger partial charge in [-0.1, -0.05) is 20.8 Å². The van der Waals surface area contributed by atoms with Crippen molar-refractivity contribution in [1.82, 2.24) is 5.32 Å². The van der Waals surface area contributed by atoms with Crippen LogP contribution in [0.2, 0.25) is 0 Å². The Morgan fingerprint density at radius 1 is 1.54 bits per heavy atom. The molecule has 2 aliphatic rings. The molecule has 0 aromatic heterocycles. The molecular weight excluding hydrogens is 162 g/mol. The first-order valence-electron chi connectivity index (χ1n) is 5.39. The summed E-state index contributed by atoms with van der Waals surface area (Å²) in [5.74, 6) is 1.80. The van der Waals surface area contributed by atoms with Crippen molar-refractivity contribution >= 4 is 5.91 Å². The van der Waals surface area contributed by atoms with E-state index in [1.54, 1.807) is 0 Å². The molecule has 74 valence electrons. The summed E-state index contributed by atoms with van der Waals surface area (Å²) in [5, 5.41) is 3.11. The fourth-order valence-electron chi connectivity index (χ4n) is 3.38. The van der Waals surface area contributed by atoms with Crippen LogP contribution in [0.25, 0.3) is 0 Å². The molecule has 13 heavy (non-hydrogen) atoms. The Hall–Kier alpha value is -0.530. The molecule has 0 aromatic rings. The molecule has 1 amide bonds. The highest BCUT2D eigenvalue weighted by atomic mass is 16.2. The van der Waals surface area contributed by atoms with E-state index in [1.165, 1.54) is 6.42 Å². The van der Waals surface area contributed by atoms with E-state index in [1.807, 2.05) is 0 Å². The van der Waals surface area contributed by atoms with Gasteiger partial charge in [-0.15, -0.1) is 0 Å².